The van der Waals surface area contributed by atoms with E-state index < -0.39 is 0 Å². The predicted molar refractivity (Wildman–Crippen MR) is 132 cm³/mol. The Morgan fingerprint density at radius 2 is 1.78 bits per heavy atom. The SMILES string of the molecule is C=CCN1C(=O)/C(=C/c2cc(Cl)c(OCCOc3ccccc3OC)c(OC)c2)SC1=S. The third kappa shape index (κ3) is 5.56. The fourth-order valence-electron chi connectivity index (χ4n) is 2.93. The number of nitrogens with zero attached hydrogens (tertiary/aromatic N) is 1. The van der Waals surface area contributed by atoms with Crippen LogP contribution in [0.5, 0.6) is 23.0 Å². The predicted octanol–water partition coefficient (Wildman–Crippen LogP) is 5.20. The van der Waals surface area contributed by atoms with Crippen LogP contribution in [0.4, 0.5) is 0 Å². The fraction of sp³-hybridized carbons (Fsp3) is 0.217. The van der Waals surface area contributed by atoms with Gasteiger partial charge in [-0.25, -0.2) is 0 Å². The Balaban J connectivity index is 1.69. The number of amides is 1. The molecule has 1 aliphatic heterocycles. The molecule has 1 aliphatic rings. The molecule has 0 N–H and O–H groups in total. The van der Waals surface area contributed by atoms with E-state index in [-0.39, 0.29) is 19.1 Å². The van der Waals surface area contributed by atoms with Crippen LogP contribution in [0, 0.1) is 0 Å². The largest absolute Gasteiger partial charge is 0.493 e. The molecule has 2 aromatic carbocycles. The molecule has 32 heavy (non-hydrogen) atoms. The first-order chi connectivity index (χ1) is 15.5. The molecular weight excluding hydrogens is 470 g/mol. The number of carbonyl (C=O) groups is 1. The normalized spacial score (nSPS) is 14.6. The van der Waals surface area contributed by atoms with Gasteiger partial charge in [0.1, 0.15) is 17.5 Å². The van der Waals surface area contributed by atoms with Crippen molar-refractivity contribution >= 4 is 51.9 Å². The van der Waals surface area contributed by atoms with Gasteiger partial charge in [-0.2, -0.15) is 0 Å². The Labute approximate surface area is 201 Å². The van der Waals surface area contributed by atoms with Crippen LogP contribution in [0.2, 0.25) is 5.02 Å². The number of hydrogen-bond donors (Lipinski definition) is 0. The fourth-order valence-corrected chi connectivity index (χ4v) is 4.48. The van der Waals surface area contributed by atoms with Crippen molar-refractivity contribution in [3.8, 4) is 23.0 Å². The van der Waals surface area contributed by atoms with Crippen molar-refractivity contribution in [3.05, 3.63) is 64.5 Å². The Morgan fingerprint density at radius 3 is 2.47 bits per heavy atom. The summed E-state index contributed by atoms with van der Waals surface area (Å²) >= 11 is 13.0. The summed E-state index contributed by atoms with van der Waals surface area (Å²) in [6.07, 6.45) is 3.36. The third-order valence-electron chi connectivity index (χ3n) is 4.39. The average molecular weight is 492 g/mol. The molecule has 0 spiro atoms. The smallest absolute Gasteiger partial charge is 0.266 e. The Hall–Kier alpha value is -2.68. The van der Waals surface area contributed by atoms with Gasteiger partial charge >= 0.3 is 0 Å². The highest BCUT2D eigenvalue weighted by atomic mass is 35.5. The summed E-state index contributed by atoms with van der Waals surface area (Å²) in [6, 6.07) is 10.8. The molecule has 1 fully saturated rings. The van der Waals surface area contributed by atoms with Crippen LogP contribution in [0.15, 0.2) is 54.0 Å². The number of thioether (sulfide) groups is 1. The lowest BCUT2D eigenvalue weighted by atomic mass is 10.1. The summed E-state index contributed by atoms with van der Waals surface area (Å²) in [5.74, 6) is 1.95. The summed E-state index contributed by atoms with van der Waals surface area (Å²) in [6.45, 7) is 4.56. The van der Waals surface area contributed by atoms with E-state index in [0.717, 1.165) is 0 Å². The second kappa shape index (κ2) is 11.3. The zero-order valence-electron chi connectivity index (χ0n) is 17.6. The highest BCUT2D eigenvalue weighted by molar-refractivity contribution is 8.26. The van der Waals surface area contributed by atoms with Crippen LogP contribution in [0.3, 0.4) is 0 Å². The van der Waals surface area contributed by atoms with E-state index in [0.29, 0.717) is 49.4 Å². The summed E-state index contributed by atoms with van der Waals surface area (Å²) in [5, 5.41) is 0.356. The van der Waals surface area contributed by atoms with Crippen molar-refractivity contribution < 1.29 is 23.7 Å². The highest BCUT2D eigenvalue weighted by Crippen LogP contribution is 2.39. The number of ether oxygens (including phenoxy) is 4. The quantitative estimate of drug-likeness (QED) is 0.196. The topological polar surface area (TPSA) is 57.2 Å². The minimum absolute atomic E-state index is 0.163. The van der Waals surface area contributed by atoms with Gasteiger partial charge in [0.2, 0.25) is 0 Å². The van der Waals surface area contributed by atoms with Crippen molar-refractivity contribution in [1.29, 1.82) is 0 Å². The maximum atomic E-state index is 12.5. The summed E-state index contributed by atoms with van der Waals surface area (Å²) < 4.78 is 22.7. The molecule has 1 amide bonds. The van der Waals surface area contributed by atoms with Crippen molar-refractivity contribution in [1.82, 2.24) is 4.90 Å². The Kier molecular flexibility index (Phi) is 8.44. The number of hydrogen-bond acceptors (Lipinski definition) is 7. The number of thiocarbonyl (C=S) groups is 1. The van der Waals surface area contributed by atoms with Crippen LogP contribution in [0.25, 0.3) is 6.08 Å². The lowest BCUT2D eigenvalue weighted by Crippen LogP contribution is -2.27. The molecule has 0 saturated carbocycles. The number of benzene rings is 2. The van der Waals surface area contributed by atoms with Crippen LogP contribution >= 0.6 is 35.6 Å². The molecule has 0 atom stereocenters. The van der Waals surface area contributed by atoms with E-state index in [1.807, 2.05) is 24.3 Å². The van der Waals surface area contributed by atoms with Gasteiger partial charge in [-0.15, -0.1) is 6.58 Å². The summed E-state index contributed by atoms with van der Waals surface area (Å²) in [5.41, 5.74) is 0.698. The second-order valence-electron chi connectivity index (χ2n) is 6.46. The molecule has 2 aromatic rings. The first-order valence-electron chi connectivity index (χ1n) is 9.61. The molecule has 1 saturated heterocycles. The maximum absolute atomic E-state index is 12.5. The number of carbonyl (C=O) groups excluding carboxylic acids is 1. The summed E-state index contributed by atoms with van der Waals surface area (Å²) in [4.78, 5) is 14.5. The van der Waals surface area contributed by atoms with Crippen molar-refractivity contribution in [2.45, 2.75) is 0 Å². The minimum atomic E-state index is -0.163. The van der Waals surface area contributed by atoms with Crippen LogP contribution in [-0.4, -0.2) is 49.1 Å². The minimum Gasteiger partial charge on any atom is -0.493 e. The van der Waals surface area contributed by atoms with E-state index in [1.165, 1.54) is 23.8 Å². The van der Waals surface area contributed by atoms with Crippen molar-refractivity contribution in [2.24, 2.45) is 0 Å². The number of halogens is 1. The van der Waals surface area contributed by atoms with Crippen LogP contribution < -0.4 is 18.9 Å². The molecule has 1 heterocycles. The average Bonchev–Trinajstić information content (AvgIpc) is 3.05. The van der Waals surface area contributed by atoms with Gasteiger partial charge in [0.25, 0.3) is 5.91 Å². The standard InChI is InChI=1S/C23H22ClNO5S2/c1-4-9-25-22(26)20(32-23(25)31)14-15-12-16(24)21(19(13-15)28-3)30-11-10-29-18-8-6-5-7-17(18)27-2/h4-8,12-14H,1,9-11H2,2-3H3/b20-14-. The van der Waals surface area contributed by atoms with Gasteiger partial charge in [0.05, 0.1) is 24.1 Å². The first-order valence-corrected chi connectivity index (χ1v) is 11.2. The van der Waals surface area contributed by atoms with E-state index in [4.69, 9.17) is 42.8 Å². The molecule has 0 unspecified atom stereocenters. The van der Waals surface area contributed by atoms with Gasteiger partial charge in [-0.3, -0.25) is 9.69 Å². The molecule has 0 bridgehead atoms. The molecule has 0 radical (unpaired) electrons. The van der Waals surface area contributed by atoms with Gasteiger partial charge in [0.15, 0.2) is 23.0 Å². The summed E-state index contributed by atoms with van der Waals surface area (Å²) in [7, 11) is 3.11. The monoisotopic (exact) mass is 491 g/mol. The van der Waals surface area contributed by atoms with Crippen molar-refractivity contribution in [3.63, 3.8) is 0 Å². The van der Waals surface area contributed by atoms with Crippen LogP contribution in [0.1, 0.15) is 5.56 Å². The van der Waals surface area contributed by atoms with Gasteiger partial charge in [0, 0.05) is 6.54 Å². The molecule has 0 aromatic heterocycles. The molecular formula is C23H22ClNO5S2. The van der Waals surface area contributed by atoms with Gasteiger partial charge in [-0.05, 0) is 35.9 Å². The number of para-hydroxylation sites is 2. The maximum Gasteiger partial charge on any atom is 0.266 e. The van der Waals surface area contributed by atoms with Gasteiger partial charge < -0.3 is 18.9 Å². The zero-order chi connectivity index (χ0) is 23.1. The second-order valence-corrected chi connectivity index (χ2v) is 8.55. The molecule has 6 nitrogen and oxygen atoms in total. The number of rotatable bonds is 10. The third-order valence-corrected chi connectivity index (χ3v) is 6.05. The van der Waals surface area contributed by atoms with E-state index >= 15 is 0 Å². The Bertz CT molecular complexity index is 1060. The van der Waals surface area contributed by atoms with Crippen molar-refractivity contribution in [2.75, 3.05) is 34.0 Å². The van der Waals surface area contributed by atoms with Crippen LogP contribution in [-0.2, 0) is 4.79 Å². The molecule has 9 heteroatoms. The number of methoxy groups -OCH3 is 2. The molecule has 3 rings (SSSR count). The van der Waals surface area contributed by atoms with E-state index in [1.54, 1.807) is 31.4 Å². The highest BCUT2D eigenvalue weighted by Gasteiger charge is 2.31. The lowest BCUT2D eigenvalue weighted by molar-refractivity contribution is -0.121. The first kappa shape index (κ1) is 24.0. The molecule has 168 valence electrons. The molecule has 0 aliphatic carbocycles. The lowest BCUT2D eigenvalue weighted by Gasteiger charge is -2.15. The van der Waals surface area contributed by atoms with E-state index in [9.17, 15) is 4.79 Å². The Morgan fingerprint density at radius 1 is 1.09 bits per heavy atom. The van der Waals surface area contributed by atoms with Gasteiger partial charge in [-0.1, -0.05) is 53.8 Å². The van der Waals surface area contributed by atoms with E-state index in [2.05, 4.69) is 6.58 Å². The zero-order valence-corrected chi connectivity index (χ0v) is 20.0.